The van der Waals surface area contributed by atoms with Gasteiger partial charge in [-0.15, -0.1) is 0 Å². The quantitative estimate of drug-likeness (QED) is 0.782. The van der Waals surface area contributed by atoms with Gasteiger partial charge >= 0.3 is 6.01 Å². The maximum Gasteiger partial charge on any atom is 0.322 e. The summed E-state index contributed by atoms with van der Waals surface area (Å²) in [6.07, 6.45) is 4.74. The van der Waals surface area contributed by atoms with Gasteiger partial charge in [0.05, 0.1) is 7.11 Å². The third kappa shape index (κ3) is 5.51. The molecule has 0 radical (unpaired) electrons. The van der Waals surface area contributed by atoms with Crippen molar-refractivity contribution in [1.29, 1.82) is 0 Å². The highest BCUT2D eigenvalue weighted by Crippen LogP contribution is 2.20. The van der Waals surface area contributed by atoms with Gasteiger partial charge in [0.1, 0.15) is 5.82 Å². The van der Waals surface area contributed by atoms with Gasteiger partial charge in [-0.3, -0.25) is 0 Å². The van der Waals surface area contributed by atoms with Crippen molar-refractivity contribution in [2.24, 2.45) is 0 Å². The average molecular weight is 388 g/mol. The lowest BCUT2D eigenvalue weighted by molar-refractivity contribution is 0.378. The summed E-state index contributed by atoms with van der Waals surface area (Å²) in [5, 5.41) is 3.17. The SMILES string of the molecule is COc1nc(NCc2ccc(CN(C)C)c(F)c2)nc(N2CCCCCC2)n1. The van der Waals surface area contributed by atoms with Gasteiger partial charge in [0.25, 0.3) is 0 Å². The molecule has 1 fully saturated rings. The van der Waals surface area contributed by atoms with Gasteiger partial charge in [-0.2, -0.15) is 15.0 Å². The Morgan fingerprint density at radius 3 is 2.50 bits per heavy atom. The van der Waals surface area contributed by atoms with Crippen LogP contribution in [-0.2, 0) is 13.1 Å². The Hall–Kier alpha value is -2.48. The normalized spacial score (nSPS) is 14.8. The zero-order valence-corrected chi connectivity index (χ0v) is 16.9. The molecule has 0 saturated carbocycles. The van der Waals surface area contributed by atoms with E-state index in [1.807, 2.05) is 31.1 Å². The van der Waals surface area contributed by atoms with Crippen LogP contribution >= 0.6 is 0 Å². The van der Waals surface area contributed by atoms with Crippen LogP contribution in [0.3, 0.4) is 0 Å². The van der Waals surface area contributed by atoms with E-state index in [1.165, 1.54) is 12.8 Å². The van der Waals surface area contributed by atoms with Crippen molar-refractivity contribution in [3.05, 3.63) is 35.1 Å². The first kappa shape index (κ1) is 20.3. The number of nitrogens with one attached hydrogen (secondary N) is 1. The van der Waals surface area contributed by atoms with Crippen LogP contribution in [0.5, 0.6) is 6.01 Å². The fourth-order valence-corrected chi connectivity index (χ4v) is 3.28. The number of methoxy groups -OCH3 is 1. The lowest BCUT2D eigenvalue weighted by Gasteiger charge is -2.20. The van der Waals surface area contributed by atoms with Crippen molar-refractivity contribution in [2.75, 3.05) is 44.5 Å². The van der Waals surface area contributed by atoms with E-state index >= 15 is 0 Å². The summed E-state index contributed by atoms with van der Waals surface area (Å²) < 4.78 is 19.5. The molecule has 152 valence electrons. The molecule has 8 heteroatoms. The molecular weight excluding hydrogens is 359 g/mol. The van der Waals surface area contributed by atoms with Gasteiger partial charge < -0.3 is 19.9 Å². The van der Waals surface area contributed by atoms with Gasteiger partial charge in [-0.1, -0.05) is 25.0 Å². The minimum absolute atomic E-state index is 0.202. The molecule has 7 nitrogen and oxygen atoms in total. The Morgan fingerprint density at radius 1 is 1.11 bits per heavy atom. The third-order valence-electron chi connectivity index (χ3n) is 4.73. The molecule has 1 N–H and O–H groups in total. The fourth-order valence-electron chi connectivity index (χ4n) is 3.28. The molecule has 0 aliphatic carbocycles. The fraction of sp³-hybridized carbons (Fsp3) is 0.550. The number of nitrogens with zero attached hydrogens (tertiary/aromatic N) is 5. The predicted octanol–water partition coefficient (Wildman–Crippen LogP) is 3.07. The molecule has 0 amide bonds. The van der Waals surface area contributed by atoms with Crippen molar-refractivity contribution in [1.82, 2.24) is 19.9 Å². The molecule has 1 aromatic heterocycles. The van der Waals surface area contributed by atoms with Crippen LogP contribution in [0.25, 0.3) is 0 Å². The van der Waals surface area contributed by atoms with E-state index in [-0.39, 0.29) is 11.8 Å². The molecule has 3 rings (SSSR count). The first-order valence-electron chi connectivity index (χ1n) is 9.76. The van der Waals surface area contributed by atoms with E-state index in [0.717, 1.165) is 31.5 Å². The van der Waals surface area contributed by atoms with E-state index in [2.05, 4.69) is 25.2 Å². The first-order chi connectivity index (χ1) is 13.5. The summed E-state index contributed by atoms with van der Waals surface area (Å²) in [6.45, 7) is 2.87. The number of rotatable bonds is 7. The summed E-state index contributed by atoms with van der Waals surface area (Å²) in [5.41, 5.74) is 1.51. The number of benzene rings is 1. The smallest absolute Gasteiger partial charge is 0.322 e. The van der Waals surface area contributed by atoms with Crippen LogP contribution in [0.2, 0.25) is 0 Å². The molecule has 1 aliphatic heterocycles. The van der Waals surface area contributed by atoms with Gasteiger partial charge in [0, 0.05) is 31.7 Å². The van der Waals surface area contributed by atoms with Crippen LogP contribution in [0.15, 0.2) is 18.2 Å². The minimum Gasteiger partial charge on any atom is -0.467 e. The highest BCUT2D eigenvalue weighted by atomic mass is 19.1. The highest BCUT2D eigenvalue weighted by Gasteiger charge is 2.16. The van der Waals surface area contributed by atoms with Crippen molar-refractivity contribution >= 4 is 11.9 Å². The van der Waals surface area contributed by atoms with Gasteiger partial charge in [0.2, 0.25) is 11.9 Å². The molecule has 28 heavy (non-hydrogen) atoms. The molecular formula is C20H29FN6O. The first-order valence-corrected chi connectivity index (χ1v) is 9.76. The zero-order chi connectivity index (χ0) is 19.9. The van der Waals surface area contributed by atoms with Crippen LogP contribution in [0, 0.1) is 5.82 Å². The number of aromatic nitrogens is 3. The predicted molar refractivity (Wildman–Crippen MR) is 108 cm³/mol. The Morgan fingerprint density at radius 2 is 1.86 bits per heavy atom. The van der Waals surface area contributed by atoms with Gasteiger partial charge in [0.15, 0.2) is 0 Å². The molecule has 2 heterocycles. The molecule has 1 aromatic carbocycles. The zero-order valence-electron chi connectivity index (χ0n) is 16.9. The number of anilines is 2. The third-order valence-corrected chi connectivity index (χ3v) is 4.73. The van der Waals surface area contributed by atoms with E-state index in [4.69, 9.17) is 4.74 Å². The molecule has 2 aromatic rings. The monoisotopic (exact) mass is 388 g/mol. The summed E-state index contributed by atoms with van der Waals surface area (Å²) in [5.74, 6) is 0.860. The van der Waals surface area contributed by atoms with Crippen molar-refractivity contribution in [2.45, 2.75) is 38.8 Å². The maximum atomic E-state index is 14.3. The second-order valence-electron chi connectivity index (χ2n) is 7.36. The van der Waals surface area contributed by atoms with Crippen molar-refractivity contribution in [3.8, 4) is 6.01 Å². The molecule has 0 bridgehead atoms. The van der Waals surface area contributed by atoms with E-state index in [1.54, 1.807) is 13.2 Å². The van der Waals surface area contributed by atoms with E-state index in [9.17, 15) is 4.39 Å². The number of hydrogen-bond acceptors (Lipinski definition) is 7. The summed E-state index contributed by atoms with van der Waals surface area (Å²) >= 11 is 0. The van der Waals surface area contributed by atoms with Gasteiger partial charge in [-0.05, 0) is 38.6 Å². The lowest BCUT2D eigenvalue weighted by atomic mass is 10.1. The topological polar surface area (TPSA) is 66.4 Å². The van der Waals surface area contributed by atoms with Crippen LogP contribution in [-0.4, -0.2) is 54.1 Å². The summed E-state index contributed by atoms with van der Waals surface area (Å²) in [6, 6.07) is 5.58. The van der Waals surface area contributed by atoms with E-state index in [0.29, 0.717) is 30.5 Å². The Labute approximate surface area is 166 Å². The van der Waals surface area contributed by atoms with Crippen LogP contribution in [0.4, 0.5) is 16.3 Å². The molecule has 1 saturated heterocycles. The van der Waals surface area contributed by atoms with Crippen LogP contribution in [0.1, 0.15) is 36.8 Å². The van der Waals surface area contributed by atoms with Crippen molar-refractivity contribution in [3.63, 3.8) is 0 Å². The lowest BCUT2D eigenvalue weighted by Crippen LogP contribution is -2.26. The standard InChI is InChI=1S/C20H29FN6O/c1-26(2)14-16-9-8-15(12-17(16)21)13-22-18-23-19(25-20(24-18)28-3)27-10-6-4-5-7-11-27/h8-9,12H,4-7,10-11,13-14H2,1-3H3,(H,22,23,24,25). The Balaban J connectivity index is 1.71. The van der Waals surface area contributed by atoms with Crippen LogP contribution < -0.4 is 15.0 Å². The summed E-state index contributed by atoms with van der Waals surface area (Å²) in [4.78, 5) is 17.4. The second kappa shape index (κ2) is 9.64. The Bertz CT molecular complexity index is 777. The molecule has 1 aliphatic rings. The molecule has 0 spiro atoms. The Kier molecular flexibility index (Phi) is 6.97. The summed E-state index contributed by atoms with van der Waals surface area (Å²) in [7, 11) is 5.39. The van der Waals surface area contributed by atoms with E-state index < -0.39 is 0 Å². The minimum atomic E-state index is -0.202. The number of ether oxygens (including phenoxy) is 1. The second-order valence-corrected chi connectivity index (χ2v) is 7.36. The largest absolute Gasteiger partial charge is 0.467 e. The molecule has 0 unspecified atom stereocenters. The number of halogens is 1. The number of hydrogen-bond donors (Lipinski definition) is 1. The molecule has 0 atom stereocenters. The maximum absolute atomic E-state index is 14.3. The average Bonchev–Trinajstić information content (AvgIpc) is 2.97. The van der Waals surface area contributed by atoms with Gasteiger partial charge in [-0.25, -0.2) is 4.39 Å². The van der Waals surface area contributed by atoms with Crippen molar-refractivity contribution < 1.29 is 9.13 Å². The highest BCUT2D eigenvalue weighted by molar-refractivity contribution is 5.39.